The fourth-order valence-corrected chi connectivity index (χ4v) is 7.44. The molecule has 9 nitrogen and oxygen atoms in total. The maximum Gasteiger partial charge on any atom is 0.408 e. The van der Waals surface area contributed by atoms with Crippen LogP contribution in [0.15, 0.2) is 138 Å². The van der Waals surface area contributed by atoms with Crippen LogP contribution in [0.1, 0.15) is 53.1 Å². The molecule has 7 rings (SSSR count). The molecule has 0 bridgehead atoms. The molecule has 10 heteroatoms. The highest BCUT2D eigenvalue weighted by atomic mass is 32.2. The van der Waals surface area contributed by atoms with Crippen LogP contribution in [0, 0.1) is 0 Å². The fourth-order valence-electron chi connectivity index (χ4n) is 6.49. The van der Waals surface area contributed by atoms with Crippen molar-refractivity contribution in [1.82, 2.24) is 10.2 Å². The number of carbonyl (C=O) groups is 3. The first kappa shape index (κ1) is 36.1. The first-order valence-corrected chi connectivity index (χ1v) is 18.6. The predicted molar refractivity (Wildman–Crippen MR) is 201 cm³/mol. The minimum absolute atomic E-state index is 0.0176. The van der Waals surface area contributed by atoms with Gasteiger partial charge >= 0.3 is 6.09 Å². The Labute approximate surface area is 312 Å². The van der Waals surface area contributed by atoms with Crippen LogP contribution in [0.2, 0.25) is 0 Å². The van der Waals surface area contributed by atoms with Gasteiger partial charge in [0, 0.05) is 22.6 Å². The molecule has 0 spiro atoms. The van der Waals surface area contributed by atoms with E-state index in [9.17, 15) is 19.5 Å². The average Bonchev–Trinajstić information content (AvgIpc) is 3.47. The summed E-state index contributed by atoms with van der Waals surface area (Å²) in [7, 11) is 0. The van der Waals surface area contributed by atoms with Gasteiger partial charge in [0.2, 0.25) is 5.91 Å². The summed E-state index contributed by atoms with van der Waals surface area (Å²) < 4.78 is 18.5. The number of aliphatic hydroxyl groups excluding tert-OH is 1. The van der Waals surface area contributed by atoms with E-state index in [4.69, 9.17) is 14.2 Å². The van der Waals surface area contributed by atoms with Crippen molar-refractivity contribution in [3.8, 4) is 11.1 Å². The molecule has 2 saturated heterocycles. The molecule has 4 atom stereocenters. The van der Waals surface area contributed by atoms with Crippen LogP contribution in [0.4, 0.5) is 4.79 Å². The molecule has 5 aromatic rings. The van der Waals surface area contributed by atoms with Crippen molar-refractivity contribution in [2.24, 2.45) is 0 Å². The van der Waals surface area contributed by atoms with E-state index in [-0.39, 0.29) is 44.3 Å². The van der Waals surface area contributed by atoms with E-state index in [1.807, 2.05) is 115 Å². The zero-order valence-electron chi connectivity index (χ0n) is 29.0. The SMILES string of the molecule is O=C(NC1CC(=O)N(Cc2cccc(-c3cccc(C4OC(CSc5ccccc5)CC(c5ccc(CO)cc5)O4)c3)c2)C1=O)OCc1ccccc1. The van der Waals surface area contributed by atoms with E-state index in [1.54, 1.807) is 11.8 Å². The summed E-state index contributed by atoms with van der Waals surface area (Å²) in [5.41, 5.74) is 6.18. The number of likely N-dealkylation sites (tertiary alicyclic amines) is 1. The van der Waals surface area contributed by atoms with Crippen molar-refractivity contribution in [1.29, 1.82) is 0 Å². The molecule has 3 amide bonds. The van der Waals surface area contributed by atoms with E-state index in [1.165, 1.54) is 9.80 Å². The van der Waals surface area contributed by atoms with Gasteiger partial charge in [0.05, 0.1) is 31.8 Å². The highest BCUT2D eigenvalue weighted by molar-refractivity contribution is 7.99. The molecule has 2 aliphatic rings. The highest BCUT2D eigenvalue weighted by Crippen LogP contribution is 2.40. The van der Waals surface area contributed by atoms with Gasteiger partial charge in [0.15, 0.2) is 6.29 Å². The Kier molecular flexibility index (Phi) is 11.6. The second kappa shape index (κ2) is 17.0. The maximum atomic E-state index is 13.2. The second-order valence-electron chi connectivity index (χ2n) is 13.1. The number of alkyl carbamates (subject to hydrolysis) is 1. The van der Waals surface area contributed by atoms with Gasteiger partial charge in [-0.25, -0.2) is 4.79 Å². The number of rotatable bonds is 12. The number of thioether (sulfide) groups is 1. The molecule has 53 heavy (non-hydrogen) atoms. The Morgan fingerprint density at radius 2 is 1.47 bits per heavy atom. The molecule has 0 aromatic heterocycles. The van der Waals surface area contributed by atoms with Gasteiger partial charge in [0.25, 0.3) is 5.91 Å². The molecule has 2 aliphatic heterocycles. The molecule has 2 heterocycles. The normalized spacial score (nSPS) is 20.0. The maximum absolute atomic E-state index is 13.2. The van der Waals surface area contributed by atoms with E-state index in [2.05, 4.69) is 23.5 Å². The number of amides is 3. The fraction of sp³-hybridized carbons (Fsp3) is 0.233. The summed E-state index contributed by atoms with van der Waals surface area (Å²) in [6, 6.07) is 42.1. The molecule has 0 saturated carbocycles. The first-order valence-electron chi connectivity index (χ1n) is 17.6. The highest BCUT2D eigenvalue weighted by Gasteiger charge is 2.40. The van der Waals surface area contributed by atoms with Crippen molar-refractivity contribution in [2.75, 3.05) is 5.75 Å². The molecule has 0 radical (unpaired) electrons. The van der Waals surface area contributed by atoms with Crippen molar-refractivity contribution >= 4 is 29.7 Å². The van der Waals surface area contributed by atoms with Crippen LogP contribution in [-0.2, 0) is 43.6 Å². The van der Waals surface area contributed by atoms with Crippen LogP contribution in [0.3, 0.4) is 0 Å². The van der Waals surface area contributed by atoms with E-state index in [0.717, 1.165) is 44.7 Å². The number of nitrogens with zero attached hydrogens (tertiary/aromatic N) is 1. The third kappa shape index (κ3) is 9.22. The number of ether oxygens (including phenoxy) is 3. The largest absolute Gasteiger partial charge is 0.445 e. The van der Waals surface area contributed by atoms with Gasteiger partial charge in [0.1, 0.15) is 12.6 Å². The van der Waals surface area contributed by atoms with Gasteiger partial charge in [-0.3, -0.25) is 14.5 Å². The number of hydrogen-bond donors (Lipinski definition) is 2. The lowest BCUT2D eigenvalue weighted by Gasteiger charge is -2.36. The van der Waals surface area contributed by atoms with Crippen molar-refractivity contribution in [3.63, 3.8) is 0 Å². The molecule has 5 aromatic carbocycles. The van der Waals surface area contributed by atoms with Crippen molar-refractivity contribution in [3.05, 3.63) is 161 Å². The number of benzene rings is 5. The topological polar surface area (TPSA) is 114 Å². The lowest BCUT2D eigenvalue weighted by atomic mass is 9.99. The predicted octanol–water partition coefficient (Wildman–Crippen LogP) is 7.74. The molecule has 270 valence electrons. The first-order chi connectivity index (χ1) is 25.9. The summed E-state index contributed by atoms with van der Waals surface area (Å²) in [6.45, 7) is 0.122. The van der Waals surface area contributed by atoms with Gasteiger partial charge in [-0.2, -0.15) is 0 Å². The van der Waals surface area contributed by atoms with Crippen LogP contribution < -0.4 is 5.32 Å². The number of hydrogen-bond acceptors (Lipinski definition) is 8. The lowest BCUT2D eigenvalue weighted by molar-refractivity contribution is -0.245. The third-order valence-electron chi connectivity index (χ3n) is 9.30. The summed E-state index contributed by atoms with van der Waals surface area (Å²) in [5.74, 6) is -0.0650. The summed E-state index contributed by atoms with van der Waals surface area (Å²) in [5, 5.41) is 12.1. The van der Waals surface area contributed by atoms with Gasteiger partial charge < -0.3 is 24.6 Å². The molecular weight excluding hydrogens is 689 g/mol. The molecule has 4 unspecified atom stereocenters. The second-order valence-corrected chi connectivity index (χ2v) is 14.2. The molecular formula is C43H40N2O7S. The molecule has 2 fully saturated rings. The van der Waals surface area contributed by atoms with E-state index in [0.29, 0.717) is 6.42 Å². The summed E-state index contributed by atoms with van der Waals surface area (Å²) in [4.78, 5) is 40.9. The summed E-state index contributed by atoms with van der Waals surface area (Å²) in [6.07, 6.45) is -1.07. The van der Waals surface area contributed by atoms with Crippen LogP contribution in [0.25, 0.3) is 11.1 Å². The Morgan fingerprint density at radius 3 is 2.23 bits per heavy atom. The van der Waals surface area contributed by atoms with Gasteiger partial charge in [-0.15, -0.1) is 11.8 Å². The Balaban J connectivity index is 1.03. The van der Waals surface area contributed by atoms with Crippen molar-refractivity contribution in [2.45, 2.75) is 62.0 Å². The smallest absolute Gasteiger partial charge is 0.408 e. The van der Waals surface area contributed by atoms with Crippen LogP contribution in [0.5, 0.6) is 0 Å². The minimum Gasteiger partial charge on any atom is -0.445 e. The van der Waals surface area contributed by atoms with Crippen molar-refractivity contribution < 1.29 is 33.7 Å². The van der Waals surface area contributed by atoms with Gasteiger partial charge in [-0.1, -0.05) is 109 Å². The minimum atomic E-state index is -0.979. The Bertz CT molecular complexity index is 2030. The van der Waals surface area contributed by atoms with E-state index < -0.39 is 24.3 Å². The Morgan fingerprint density at radius 1 is 0.774 bits per heavy atom. The standard InChI is InChI=1S/C43H40N2O7S/c46-26-29-17-19-32(20-18-29)39-23-36(28-53-37-15-5-2-6-16-37)51-42(52-39)35-14-8-13-34(22-35)33-12-7-11-31(21-33)25-45-40(47)24-38(41(45)48)44-43(49)50-27-30-9-3-1-4-10-30/h1-22,36,38-39,42,46H,23-28H2,(H,44,49). The molecule has 0 aliphatic carbocycles. The third-order valence-corrected chi connectivity index (χ3v) is 10.4. The molecule has 2 N–H and O–H groups in total. The quantitative estimate of drug-likeness (QED) is 0.0992. The zero-order valence-corrected chi connectivity index (χ0v) is 29.8. The summed E-state index contributed by atoms with van der Waals surface area (Å²) >= 11 is 1.75. The van der Waals surface area contributed by atoms with E-state index >= 15 is 0 Å². The number of carbonyl (C=O) groups excluding carboxylic acids is 3. The number of aliphatic hydroxyl groups is 1. The lowest BCUT2D eigenvalue weighted by Crippen LogP contribution is -2.41. The zero-order chi connectivity index (χ0) is 36.6. The number of imide groups is 1. The van der Waals surface area contributed by atoms with Gasteiger partial charge in [-0.05, 0) is 57.6 Å². The van der Waals surface area contributed by atoms with Crippen LogP contribution in [-0.4, -0.2) is 45.8 Å². The number of nitrogens with one attached hydrogen (secondary N) is 1. The average molecular weight is 729 g/mol. The Hall–Kier alpha value is -5.26. The van der Waals surface area contributed by atoms with Crippen LogP contribution >= 0.6 is 11.8 Å². The monoisotopic (exact) mass is 728 g/mol.